The fourth-order valence-corrected chi connectivity index (χ4v) is 2.26. The molecule has 0 saturated heterocycles. The molecule has 0 fully saturated rings. The quantitative estimate of drug-likeness (QED) is 0.864. The number of rotatable bonds is 4. The van der Waals surface area contributed by atoms with Gasteiger partial charge in [0.05, 0.1) is 5.56 Å². The van der Waals surface area contributed by atoms with Gasteiger partial charge in [-0.25, -0.2) is 0 Å². The van der Waals surface area contributed by atoms with Crippen LogP contribution in [0, 0.1) is 12.8 Å². The summed E-state index contributed by atoms with van der Waals surface area (Å²) in [5.41, 5.74) is 1.41. The van der Waals surface area contributed by atoms with Crippen LogP contribution < -0.4 is 5.32 Å². The molecule has 0 saturated carbocycles. The average molecular weight is 285 g/mol. The SMILES string of the molecule is Cc1ncccc1C(=O)NC(CBr)C(C)C. The van der Waals surface area contributed by atoms with Gasteiger partial charge in [-0.1, -0.05) is 29.8 Å². The average Bonchev–Trinajstić information content (AvgIpc) is 2.25. The molecule has 0 aromatic carbocycles. The van der Waals surface area contributed by atoms with Gasteiger partial charge in [-0.3, -0.25) is 9.78 Å². The highest BCUT2D eigenvalue weighted by Crippen LogP contribution is 2.08. The van der Waals surface area contributed by atoms with E-state index in [0.29, 0.717) is 11.5 Å². The lowest BCUT2D eigenvalue weighted by Crippen LogP contribution is -2.40. The van der Waals surface area contributed by atoms with Crippen molar-refractivity contribution in [2.75, 3.05) is 5.33 Å². The Kier molecular flexibility index (Phi) is 4.93. The van der Waals surface area contributed by atoms with E-state index in [4.69, 9.17) is 0 Å². The van der Waals surface area contributed by atoms with Crippen molar-refractivity contribution in [3.05, 3.63) is 29.6 Å². The van der Waals surface area contributed by atoms with Crippen LogP contribution in [0.25, 0.3) is 0 Å². The minimum atomic E-state index is -0.0521. The number of carbonyl (C=O) groups is 1. The lowest BCUT2D eigenvalue weighted by Gasteiger charge is -2.20. The summed E-state index contributed by atoms with van der Waals surface area (Å²) in [5.74, 6) is 0.351. The first kappa shape index (κ1) is 13.2. The standard InChI is InChI=1S/C12H17BrN2O/c1-8(2)11(7-13)15-12(16)10-5-4-6-14-9(10)3/h4-6,8,11H,7H2,1-3H3,(H,15,16). The molecule has 0 aliphatic carbocycles. The summed E-state index contributed by atoms with van der Waals surface area (Å²) < 4.78 is 0. The fourth-order valence-electron chi connectivity index (χ4n) is 1.35. The first-order valence-electron chi connectivity index (χ1n) is 5.34. The predicted molar refractivity (Wildman–Crippen MR) is 68.9 cm³/mol. The first-order chi connectivity index (χ1) is 7.56. The van der Waals surface area contributed by atoms with Crippen LogP contribution in [0.3, 0.4) is 0 Å². The van der Waals surface area contributed by atoms with Crippen LogP contribution in [0.2, 0.25) is 0 Å². The van der Waals surface area contributed by atoms with Gasteiger partial charge in [0.25, 0.3) is 5.91 Å². The Bertz CT molecular complexity index is 366. The van der Waals surface area contributed by atoms with Crippen molar-refractivity contribution in [2.45, 2.75) is 26.8 Å². The van der Waals surface area contributed by atoms with Crippen LogP contribution in [-0.2, 0) is 0 Å². The largest absolute Gasteiger partial charge is 0.348 e. The summed E-state index contributed by atoms with van der Waals surface area (Å²) in [5, 5.41) is 3.76. The number of amides is 1. The van der Waals surface area contributed by atoms with Crippen molar-refractivity contribution in [1.82, 2.24) is 10.3 Å². The topological polar surface area (TPSA) is 42.0 Å². The van der Waals surface area contributed by atoms with Crippen LogP contribution in [0.1, 0.15) is 29.9 Å². The molecule has 0 spiro atoms. The van der Waals surface area contributed by atoms with E-state index in [9.17, 15) is 4.79 Å². The zero-order valence-corrected chi connectivity index (χ0v) is 11.4. The van der Waals surface area contributed by atoms with E-state index in [1.807, 2.05) is 6.92 Å². The van der Waals surface area contributed by atoms with Crippen LogP contribution >= 0.6 is 15.9 Å². The third kappa shape index (κ3) is 3.30. The number of pyridine rings is 1. The van der Waals surface area contributed by atoms with Gasteiger partial charge >= 0.3 is 0 Å². The third-order valence-corrected chi connectivity index (χ3v) is 3.24. The van der Waals surface area contributed by atoms with E-state index in [-0.39, 0.29) is 11.9 Å². The van der Waals surface area contributed by atoms with E-state index < -0.39 is 0 Å². The van der Waals surface area contributed by atoms with E-state index in [1.165, 1.54) is 0 Å². The second-order valence-electron chi connectivity index (χ2n) is 4.11. The number of nitrogens with one attached hydrogen (secondary N) is 1. The molecule has 0 bridgehead atoms. The molecule has 1 rings (SSSR count). The summed E-state index contributed by atoms with van der Waals surface area (Å²) in [7, 11) is 0. The molecule has 16 heavy (non-hydrogen) atoms. The number of nitrogens with zero attached hydrogens (tertiary/aromatic N) is 1. The van der Waals surface area contributed by atoms with Gasteiger partial charge in [-0.2, -0.15) is 0 Å². The lowest BCUT2D eigenvalue weighted by molar-refractivity contribution is 0.0930. The van der Waals surface area contributed by atoms with E-state index in [0.717, 1.165) is 11.0 Å². The van der Waals surface area contributed by atoms with Crippen molar-refractivity contribution in [2.24, 2.45) is 5.92 Å². The van der Waals surface area contributed by atoms with Gasteiger partial charge in [0.1, 0.15) is 0 Å². The van der Waals surface area contributed by atoms with Gasteiger partial charge in [-0.15, -0.1) is 0 Å². The van der Waals surface area contributed by atoms with Gasteiger partial charge in [-0.05, 0) is 25.0 Å². The van der Waals surface area contributed by atoms with Gasteiger partial charge < -0.3 is 5.32 Å². The summed E-state index contributed by atoms with van der Waals surface area (Å²) in [6.07, 6.45) is 1.69. The Morgan fingerprint density at radius 3 is 2.75 bits per heavy atom. The molecule has 1 aromatic rings. The van der Waals surface area contributed by atoms with Gasteiger partial charge in [0, 0.05) is 23.3 Å². The Hall–Kier alpha value is -0.900. The summed E-state index contributed by atoms with van der Waals surface area (Å²) in [4.78, 5) is 16.1. The molecule has 4 heteroatoms. The zero-order chi connectivity index (χ0) is 12.1. The number of alkyl halides is 1. The van der Waals surface area contributed by atoms with Crippen LogP contribution in [0.5, 0.6) is 0 Å². The second-order valence-corrected chi connectivity index (χ2v) is 4.76. The van der Waals surface area contributed by atoms with E-state index >= 15 is 0 Å². The molecule has 1 aromatic heterocycles. The molecular formula is C12H17BrN2O. The maximum atomic E-state index is 12.0. The highest BCUT2D eigenvalue weighted by Gasteiger charge is 2.17. The number of hydrogen-bond acceptors (Lipinski definition) is 2. The third-order valence-electron chi connectivity index (χ3n) is 2.54. The molecule has 1 N–H and O–H groups in total. The Morgan fingerprint density at radius 2 is 2.25 bits per heavy atom. The molecule has 0 aliphatic rings. The Labute approximate surface area is 105 Å². The van der Waals surface area contributed by atoms with Crippen molar-refractivity contribution in [3.63, 3.8) is 0 Å². The van der Waals surface area contributed by atoms with Crippen molar-refractivity contribution >= 4 is 21.8 Å². The van der Waals surface area contributed by atoms with Crippen LogP contribution in [0.15, 0.2) is 18.3 Å². The minimum absolute atomic E-state index is 0.0521. The monoisotopic (exact) mass is 284 g/mol. The highest BCUT2D eigenvalue weighted by molar-refractivity contribution is 9.09. The predicted octanol–water partition coefficient (Wildman–Crippen LogP) is 2.54. The molecule has 88 valence electrons. The number of aromatic nitrogens is 1. The molecule has 1 unspecified atom stereocenters. The van der Waals surface area contributed by atoms with E-state index in [1.54, 1.807) is 18.3 Å². The number of aryl methyl sites for hydroxylation is 1. The second kappa shape index (κ2) is 5.99. The molecule has 1 heterocycles. The number of carbonyl (C=O) groups excluding carboxylic acids is 1. The first-order valence-corrected chi connectivity index (χ1v) is 6.46. The van der Waals surface area contributed by atoms with E-state index in [2.05, 4.69) is 40.1 Å². The van der Waals surface area contributed by atoms with Crippen LogP contribution in [-0.4, -0.2) is 22.3 Å². The molecule has 0 radical (unpaired) electrons. The Balaban J connectivity index is 2.76. The molecule has 1 amide bonds. The molecule has 1 atom stereocenters. The van der Waals surface area contributed by atoms with Gasteiger partial charge in [0.15, 0.2) is 0 Å². The minimum Gasteiger partial charge on any atom is -0.348 e. The lowest BCUT2D eigenvalue weighted by atomic mass is 10.1. The highest BCUT2D eigenvalue weighted by atomic mass is 79.9. The maximum absolute atomic E-state index is 12.0. The smallest absolute Gasteiger partial charge is 0.253 e. The zero-order valence-electron chi connectivity index (χ0n) is 9.83. The van der Waals surface area contributed by atoms with Crippen molar-refractivity contribution in [3.8, 4) is 0 Å². The summed E-state index contributed by atoms with van der Waals surface area (Å²) in [6.45, 7) is 6.01. The fraction of sp³-hybridized carbons (Fsp3) is 0.500. The number of halogens is 1. The molecule has 0 aliphatic heterocycles. The maximum Gasteiger partial charge on any atom is 0.253 e. The van der Waals surface area contributed by atoms with Gasteiger partial charge in [0.2, 0.25) is 0 Å². The number of hydrogen-bond donors (Lipinski definition) is 1. The van der Waals surface area contributed by atoms with Crippen LogP contribution in [0.4, 0.5) is 0 Å². The molecular weight excluding hydrogens is 268 g/mol. The Morgan fingerprint density at radius 1 is 1.56 bits per heavy atom. The van der Waals surface area contributed by atoms with Crippen molar-refractivity contribution < 1.29 is 4.79 Å². The van der Waals surface area contributed by atoms with Crippen molar-refractivity contribution in [1.29, 1.82) is 0 Å². The molecule has 3 nitrogen and oxygen atoms in total. The summed E-state index contributed by atoms with van der Waals surface area (Å²) >= 11 is 3.41. The normalized spacial score (nSPS) is 12.6. The summed E-state index contributed by atoms with van der Waals surface area (Å²) in [6, 6.07) is 3.72.